The highest BCUT2D eigenvalue weighted by atomic mass is 16.2. The first-order chi connectivity index (χ1) is 8.58. The molecule has 1 saturated carbocycles. The third-order valence-electron chi connectivity index (χ3n) is 3.69. The Labute approximate surface area is 108 Å². The summed E-state index contributed by atoms with van der Waals surface area (Å²) < 4.78 is 1.78. The molecular weight excluding hydrogens is 228 g/mol. The van der Waals surface area contributed by atoms with Crippen LogP contribution in [0.25, 0.3) is 0 Å². The van der Waals surface area contributed by atoms with Crippen molar-refractivity contribution in [3.05, 3.63) is 11.4 Å². The topological polar surface area (TPSA) is 59.0 Å². The smallest absolute Gasteiger partial charge is 0.319 e. The molecule has 0 atom stereocenters. The predicted molar refractivity (Wildman–Crippen MR) is 71.7 cm³/mol. The van der Waals surface area contributed by atoms with Crippen molar-refractivity contribution in [2.45, 2.75) is 52.0 Å². The molecule has 5 heteroatoms. The molecule has 0 unspecified atom stereocenters. The largest absolute Gasteiger partial charge is 0.335 e. The van der Waals surface area contributed by atoms with Crippen LogP contribution in [0.5, 0.6) is 0 Å². The fraction of sp³-hybridized carbons (Fsp3) is 0.692. The minimum atomic E-state index is -0.110. The Balaban J connectivity index is 1.94. The number of carbonyl (C=O) groups is 1. The maximum Gasteiger partial charge on any atom is 0.319 e. The van der Waals surface area contributed by atoms with Gasteiger partial charge in [-0.2, -0.15) is 5.10 Å². The second kappa shape index (κ2) is 5.42. The van der Waals surface area contributed by atoms with Crippen LogP contribution in [-0.2, 0) is 7.05 Å². The van der Waals surface area contributed by atoms with Crippen molar-refractivity contribution >= 4 is 11.7 Å². The van der Waals surface area contributed by atoms with Crippen LogP contribution in [0, 0.1) is 13.8 Å². The molecule has 2 N–H and O–H groups in total. The van der Waals surface area contributed by atoms with Crippen LogP contribution in [0.3, 0.4) is 0 Å². The molecule has 5 nitrogen and oxygen atoms in total. The van der Waals surface area contributed by atoms with Gasteiger partial charge in [-0.25, -0.2) is 4.79 Å². The number of urea groups is 1. The lowest BCUT2D eigenvalue weighted by Crippen LogP contribution is -2.39. The van der Waals surface area contributed by atoms with E-state index in [-0.39, 0.29) is 6.03 Å². The number of anilines is 1. The van der Waals surface area contributed by atoms with E-state index in [1.165, 1.54) is 19.3 Å². The summed E-state index contributed by atoms with van der Waals surface area (Å²) in [7, 11) is 1.88. The third-order valence-corrected chi connectivity index (χ3v) is 3.69. The van der Waals surface area contributed by atoms with Crippen molar-refractivity contribution < 1.29 is 4.79 Å². The zero-order valence-electron chi connectivity index (χ0n) is 11.4. The Bertz CT molecular complexity index is 432. The molecule has 0 radical (unpaired) electrons. The van der Waals surface area contributed by atoms with Crippen LogP contribution in [0.2, 0.25) is 0 Å². The molecule has 1 aliphatic rings. The van der Waals surface area contributed by atoms with Crippen LogP contribution in [0.4, 0.5) is 10.5 Å². The zero-order valence-corrected chi connectivity index (χ0v) is 11.4. The third kappa shape index (κ3) is 2.83. The maximum absolute atomic E-state index is 11.9. The first kappa shape index (κ1) is 12.9. The summed E-state index contributed by atoms with van der Waals surface area (Å²) in [6, 6.07) is 0.220. The van der Waals surface area contributed by atoms with Crippen molar-refractivity contribution in [2.75, 3.05) is 5.32 Å². The van der Waals surface area contributed by atoms with E-state index in [1.807, 2.05) is 20.9 Å². The molecule has 2 amide bonds. The van der Waals surface area contributed by atoms with Gasteiger partial charge in [-0.15, -0.1) is 0 Å². The van der Waals surface area contributed by atoms with E-state index in [0.29, 0.717) is 6.04 Å². The van der Waals surface area contributed by atoms with Gasteiger partial charge < -0.3 is 10.6 Å². The number of hydrogen-bond donors (Lipinski definition) is 2. The number of carbonyl (C=O) groups excluding carboxylic acids is 1. The summed E-state index contributed by atoms with van der Waals surface area (Å²) in [6.07, 6.45) is 5.92. The Morgan fingerprint density at radius 3 is 2.50 bits per heavy atom. The first-order valence-corrected chi connectivity index (χ1v) is 6.65. The van der Waals surface area contributed by atoms with E-state index in [1.54, 1.807) is 4.68 Å². The number of nitrogens with zero attached hydrogens (tertiary/aromatic N) is 2. The minimum absolute atomic E-state index is 0.110. The Hall–Kier alpha value is -1.52. The van der Waals surface area contributed by atoms with Crippen molar-refractivity contribution in [2.24, 2.45) is 7.05 Å². The molecule has 1 heterocycles. The lowest BCUT2D eigenvalue weighted by molar-refractivity contribution is 0.244. The summed E-state index contributed by atoms with van der Waals surface area (Å²) in [5.41, 5.74) is 2.66. The normalized spacial score (nSPS) is 16.6. The number of hydrogen-bond acceptors (Lipinski definition) is 2. The lowest BCUT2D eigenvalue weighted by Gasteiger charge is -2.22. The van der Waals surface area contributed by atoms with Gasteiger partial charge in [0.25, 0.3) is 0 Å². The van der Waals surface area contributed by atoms with E-state index >= 15 is 0 Å². The summed E-state index contributed by atoms with van der Waals surface area (Å²) in [6.45, 7) is 3.86. The first-order valence-electron chi connectivity index (χ1n) is 6.65. The molecule has 18 heavy (non-hydrogen) atoms. The van der Waals surface area contributed by atoms with Crippen LogP contribution in [-0.4, -0.2) is 21.9 Å². The van der Waals surface area contributed by atoms with Gasteiger partial charge in [0.05, 0.1) is 17.1 Å². The van der Waals surface area contributed by atoms with E-state index in [2.05, 4.69) is 15.7 Å². The summed E-state index contributed by atoms with van der Waals surface area (Å²) >= 11 is 0. The van der Waals surface area contributed by atoms with Crippen molar-refractivity contribution in [1.29, 1.82) is 0 Å². The van der Waals surface area contributed by atoms with Crippen molar-refractivity contribution in [3.63, 3.8) is 0 Å². The summed E-state index contributed by atoms with van der Waals surface area (Å²) in [5, 5.41) is 10.2. The molecule has 0 aromatic carbocycles. The Morgan fingerprint density at radius 1 is 1.28 bits per heavy atom. The number of aromatic nitrogens is 2. The molecule has 0 bridgehead atoms. The highest BCUT2D eigenvalue weighted by Crippen LogP contribution is 2.20. The monoisotopic (exact) mass is 250 g/mol. The van der Waals surface area contributed by atoms with E-state index in [0.717, 1.165) is 29.9 Å². The predicted octanol–water partition coefficient (Wildman–Crippen LogP) is 2.49. The standard InChI is InChI=1S/C13H22N4O/c1-9-12(10(2)17(3)16-9)15-13(18)14-11-7-5-4-6-8-11/h11H,4-8H2,1-3H3,(H2,14,15,18). The molecule has 1 fully saturated rings. The van der Waals surface area contributed by atoms with Crippen LogP contribution >= 0.6 is 0 Å². The van der Waals surface area contributed by atoms with E-state index in [4.69, 9.17) is 0 Å². The fourth-order valence-electron chi connectivity index (χ4n) is 2.54. The summed E-state index contributed by atoms with van der Waals surface area (Å²) in [5.74, 6) is 0. The van der Waals surface area contributed by atoms with Crippen molar-refractivity contribution in [3.8, 4) is 0 Å². The molecule has 0 aliphatic heterocycles. The van der Waals surface area contributed by atoms with Gasteiger partial charge in [0.2, 0.25) is 0 Å². The SMILES string of the molecule is Cc1nn(C)c(C)c1NC(=O)NC1CCCCC1. The van der Waals surface area contributed by atoms with Gasteiger partial charge in [0, 0.05) is 13.1 Å². The van der Waals surface area contributed by atoms with Gasteiger partial charge in [0.1, 0.15) is 0 Å². The number of aryl methyl sites for hydroxylation is 2. The van der Waals surface area contributed by atoms with Crippen LogP contribution in [0.1, 0.15) is 43.5 Å². The second-order valence-corrected chi connectivity index (χ2v) is 5.10. The molecule has 1 aliphatic carbocycles. The van der Waals surface area contributed by atoms with Crippen molar-refractivity contribution in [1.82, 2.24) is 15.1 Å². The number of amides is 2. The molecule has 0 saturated heterocycles. The van der Waals surface area contributed by atoms with Gasteiger partial charge in [-0.1, -0.05) is 19.3 Å². The molecular formula is C13H22N4O. The molecule has 2 rings (SSSR count). The van der Waals surface area contributed by atoms with Gasteiger partial charge in [-0.3, -0.25) is 4.68 Å². The highest BCUT2D eigenvalue weighted by molar-refractivity contribution is 5.90. The highest BCUT2D eigenvalue weighted by Gasteiger charge is 2.17. The van der Waals surface area contributed by atoms with Crippen LogP contribution < -0.4 is 10.6 Å². The number of rotatable bonds is 2. The van der Waals surface area contributed by atoms with E-state index in [9.17, 15) is 4.79 Å². The summed E-state index contributed by atoms with van der Waals surface area (Å²) in [4.78, 5) is 11.9. The molecule has 100 valence electrons. The number of nitrogens with one attached hydrogen (secondary N) is 2. The average molecular weight is 250 g/mol. The molecule has 1 aromatic heterocycles. The molecule has 0 spiro atoms. The van der Waals surface area contributed by atoms with Gasteiger partial charge in [-0.05, 0) is 26.7 Å². The second-order valence-electron chi connectivity index (χ2n) is 5.10. The fourth-order valence-corrected chi connectivity index (χ4v) is 2.54. The Kier molecular flexibility index (Phi) is 3.89. The minimum Gasteiger partial charge on any atom is -0.335 e. The average Bonchev–Trinajstić information content (AvgIpc) is 2.57. The quantitative estimate of drug-likeness (QED) is 0.847. The maximum atomic E-state index is 11.9. The Morgan fingerprint density at radius 2 is 1.94 bits per heavy atom. The van der Waals surface area contributed by atoms with Gasteiger partial charge in [0.15, 0.2) is 0 Å². The lowest BCUT2D eigenvalue weighted by atomic mass is 9.96. The van der Waals surface area contributed by atoms with Crippen LogP contribution in [0.15, 0.2) is 0 Å². The van der Waals surface area contributed by atoms with E-state index < -0.39 is 0 Å². The molecule has 1 aromatic rings. The zero-order chi connectivity index (χ0) is 13.1. The van der Waals surface area contributed by atoms with Gasteiger partial charge >= 0.3 is 6.03 Å².